The Labute approximate surface area is 140 Å². The topological polar surface area (TPSA) is 86.7 Å². The minimum atomic E-state index is -1.00. The van der Waals surface area contributed by atoms with E-state index in [4.69, 9.17) is 5.11 Å². The van der Waals surface area contributed by atoms with Gasteiger partial charge in [-0.05, 0) is 17.7 Å². The third-order valence-electron chi connectivity index (χ3n) is 3.12. The molecule has 1 saturated heterocycles. The highest BCUT2D eigenvalue weighted by Crippen LogP contribution is 2.21. The van der Waals surface area contributed by atoms with Gasteiger partial charge in [0.05, 0.1) is 24.1 Å². The number of hydrogen-bond donors (Lipinski definition) is 2. The second kappa shape index (κ2) is 7.64. The molecule has 1 fully saturated rings. The number of nitrogens with zero attached hydrogens (tertiary/aromatic N) is 1. The van der Waals surface area contributed by atoms with Gasteiger partial charge in [-0.15, -0.1) is 11.8 Å². The molecule has 22 heavy (non-hydrogen) atoms. The van der Waals surface area contributed by atoms with Crippen LogP contribution in [0.25, 0.3) is 0 Å². The van der Waals surface area contributed by atoms with Gasteiger partial charge in [-0.3, -0.25) is 14.4 Å². The highest BCUT2D eigenvalue weighted by atomic mass is 79.9. The van der Waals surface area contributed by atoms with Crippen molar-refractivity contribution in [2.24, 2.45) is 0 Å². The lowest BCUT2D eigenvalue weighted by atomic mass is 10.0. The van der Waals surface area contributed by atoms with E-state index in [2.05, 4.69) is 21.2 Å². The second-order valence-corrected chi connectivity index (χ2v) is 6.71. The Balaban J connectivity index is 2.04. The number of hydrogen-bond acceptors (Lipinski definition) is 4. The zero-order valence-electron chi connectivity index (χ0n) is 11.6. The summed E-state index contributed by atoms with van der Waals surface area (Å²) < 4.78 is 0.806. The largest absolute Gasteiger partial charge is 0.481 e. The molecule has 0 radical (unpaired) electrons. The number of carbonyl (C=O) groups excluding carboxylic acids is 2. The molecule has 6 nitrogen and oxygen atoms in total. The average molecular weight is 387 g/mol. The van der Waals surface area contributed by atoms with Gasteiger partial charge in [-0.2, -0.15) is 0 Å². The molecule has 1 atom stereocenters. The number of amides is 2. The van der Waals surface area contributed by atoms with Crippen LogP contribution in [0.2, 0.25) is 0 Å². The molecule has 2 amide bonds. The summed E-state index contributed by atoms with van der Waals surface area (Å²) >= 11 is 4.78. The molecule has 0 aromatic heterocycles. The minimum absolute atomic E-state index is 0.0457. The number of benzene rings is 1. The molecule has 1 aromatic carbocycles. The number of carbonyl (C=O) groups is 3. The Morgan fingerprint density at radius 3 is 2.82 bits per heavy atom. The number of nitrogens with one attached hydrogen (secondary N) is 1. The lowest BCUT2D eigenvalue weighted by Gasteiger charge is -2.20. The van der Waals surface area contributed by atoms with Gasteiger partial charge in [0.25, 0.3) is 0 Å². The SMILES string of the molecule is O=C(O)C[C@H](NC(=O)CN1CSCC1=O)c1cccc(Br)c1. The van der Waals surface area contributed by atoms with Crippen molar-refractivity contribution in [1.29, 1.82) is 0 Å². The molecule has 0 bridgehead atoms. The van der Waals surface area contributed by atoms with Gasteiger partial charge in [-0.1, -0.05) is 28.1 Å². The van der Waals surface area contributed by atoms with Crippen molar-refractivity contribution in [1.82, 2.24) is 10.2 Å². The summed E-state index contributed by atoms with van der Waals surface area (Å²) in [5, 5.41) is 11.7. The fraction of sp³-hybridized carbons (Fsp3) is 0.357. The Hall–Kier alpha value is -1.54. The first kappa shape index (κ1) is 16.8. The van der Waals surface area contributed by atoms with Crippen LogP contribution in [0.3, 0.4) is 0 Å². The van der Waals surface area contributed by atoms with Crippen molar-refractivity contribution < 1.29 is 19.5 Å². The van der Waals surface area contributed by atoms with Crippen molar-refractivity contribution in [3.63, 3.8) is 0 Å². The molecule has 2 N–H and O–H groups in total. The zero-order chi connectivity index (χ0) is 16.1. The maximum absolute atomic E-state index is 12.1. The third-order valence-corrected chi connectivity index (χ3v) is 4.56. The van der Waals surface area contributed by atoms with E-state index in [9.17, 15) is 14.4 Å². The van der Waals surface area contributed by atoms with Crippen LogP contribution in [-0.4, -0.2) is 46.0 Å². The van der Waals surface area contributed by atoms with Gasteiger partial charge in [0.1, 0.15) is 6.54 Å². The maximum atomic E-state index is 12.1. The maximum Gasteiger partial charge on any atom is 0.305 e. The van der Waals surface area contributed by atoms with Crippen molar-refractivity contribution in [3.05, 3.63) is 34.3 Å². The molecule has 0 unspecified atom stereocenters. The molecule has 1 aromatic rings. The van der Waals surface area contributed by atoms with Crippen molar-refractivity contribution in [2.75, 3.05) is 18.2 Å². The third kappa shape index (κ3) is 4.74. The molecule has 1 aliphatic heterocycles. The first-order valence-corrected chi connectivity index (χ1v) is 8.52. The van der Waals surface area contributed by atoms with Gasteiger partial charge in [0.2, 0.25) is 11.8 Å². The molecule has 8 heteroatoms. The van der Waals surface area contributed by atoms with E-state index in [-0.39, 0.29) is 24.8 Å². The van der Waals surface area contributed by atoms with E-state index >= 15 is 0 Å². The molecule has 2 rings (SSSR count). The average Bonchev–Trinajstić information content (AvgIpc) is 2.83. The number of carboxylic acid groups (broad SMARTS) is 1. The molecular weight excluding hydrogens is 372 g/mol. The monoisotopic (exact) mass is 386 g/mol. The van der Waals surface area contributed by atoms with E-state index < -0.39 is 12.0 Å². The van der Waals surface area contributed by atoms with Crippen LogP contribution < -0.4 is 5.32 Å². The number of halogens is 1. The predicted octanol–water partition coefficient (Wildman–Crippen LogP) is 1.61. The van der Waals surface area contributed by atoms with Gasteiger partial charge >= 0.3 is 5.97 Å². The van der Waals surface area contributed by atoms with Crippen LogP contribution in [0, 0.1) is 0 Å². The summed E-state index contributed by atoms with van der Waals surface area (Å²) in [6.07, 6.45) is -0.217. The summed E-state index contributed by atoms with van der Waals surface area (Å²) in [5.74, 6) is -0.554. The Morgan fingerprint density at radius 2 is 2.23 bits per heavy atom. The van der Waals surface area contributed by atoms with Gasteiger partial charge in [0, 0.05) is 4.47 Å². The van der Waals surface area contributed by atoms with Crippen LogP contribution in [0.1, 0.15) is 18.0 Å². The lowest BCUT2D eigenvalue weighted by molar-refractivity contribution is -0.138. The first-order chi connectivity index (χ1) is 10.5. The van der Waals surface area contributed by atoms with Gasteiger partial charge in [0.15, 0.2) is 0 Å². The van der Waals surface area contributed by atoms with E-state index in [0.717, 1.165) is 4.47 Å². The smallest absolute Gasteiger partial charge is 0.305 e. The van der Waals surface area contributed by atoms with Crippen LogP contribution in [0.4, 0.5) is 0 Å². The minimum Gasteiger partial charge on any atom is -0.481 e. The Kier molecular flexibility index (Phi) is 5.84. The molecule has 1 heterocycles. The normalized spacial score (nSPS) is 15.7. The van der Waals surface area contributed by atoms with Crippen LogP contribution in [0.15, 0.2) is 28.7 Å². The van der Waals surface area contributed by atoms with Crippen molar-refractivity contribution in [3.8, 4) is 0 Å². The zero-order valence-corrected chi connectivity index (χ0v) is 14.0. The van der Waals surface area contributed by atoms with Crippen LogP contribution in [-0.2, 0) is 14.4 Å². The lowest BCUT2D eigenvalue weighted by Crippen LogP contribution is -2.40. The Morgan fingerprint density at radius 1 is 1.45 bits per heavy atom. The summed E-state index contributed by atoms with van der Waals surface area (Å²) in [6, 6.07) is 6.50. The molecule has 1 aliphatic rings. The number of aliphatic carboxylic acids is 1. The molecular formula is C14H15BrN2O4S. The highest BCUT2D eigenvalue weighted by Gasteiger charge is 2.25. The van der Waals surface area contributed by atoms with Crippen LogP contribution in [0.5, 0.6) is 0 Å². The van der Waals surface area contributed by atoms with E-state index in [1.54, 1.807) is 18.2 Å². The van der Waals surface area contributed by atoms with E-state index in [1.807, 2.05) is 6.07 Å². The van der Waals surface area contributed by atoms with Gasteiger partial charge < -0.3 is 15.3 Å². The van der Waals surface area contributed by atoms with Crippen molar-refractivity contribution >= 4 is 45.5 Å². The number of carboxylic acids is 1. The second-order valence-electron chi connectivity index (χ2n) is 4.84. The van der Waals surface area contributed by atoms with Gasteiger partial charge in [-0.25, -0.2) is 0 Å². The molecule has 0 aliphatic carbocycles. The first-order valence-electron chi connectivity index (χ1n) is 6.58. The summed E-state index contributed by atoms with van der Waals surface area (Å²) in [5.41, 5.74) is 0.701. The standard InChI is InChI=1S/C14H15BrN2O4S/c15-10-3-1-2-9(4-10)11(5-14(20)21)16-12(18)6-17-8-22-7-13(17)19/h1-4,11H,5-8H2,(H,16,18)(H,20,21)/t11-/m0/s1. The number of rotatable bonds is 6. The summed E-state index contributed by atoms with van der Waals surface area (Å²) in [4.78, 5) is 36.1. The Bertz CT molecular complexity index is 596. The number of thioether (sulfide) groups is 1. The van der Waals surface area contributed by atoms with Crippen molar-refractivity contribution in [2.45, 2.75) is 12.5 Å². The fourth-order valence-corrected chi connectivity index (χ4v) is 3.42. The van der Waals surface area contributed by atoms with E-state index in [0.29, 0.717) is 17.2 Å². The molecule has 0 spiro atoms. The van der Waals surface area contributed by atoms with Crippen LogP contribution >= 0.6 is 27.7 Å². The molecule has 0 saturated carbocycles. The summed E-state index contributed by atoms with van der Waals surface area (Å²) in [7, 11) is 0. The predicted molar refractivity (Wildman–Crippen MR) is 86.3 cm³/mol. The van der Waals surface area contributed by atoms with E-state index in [1.165, 1.54) is 16.7 Å². The fourth-order valence-electron chi connectivity index (χ4n) is 2.10. The highest BCUT2D eigenvalue weighted by molar-refractivity contribution is 9.10. The summed E-state index contributed by atoms with van der Waals surface area (Å²) in [6.45, 7) is -0.0457. The molecule has 118 valence electrons. The quantitative estimate of drug-likeness (QED) is 0.775.